The number of phenolic OH excluding ortho intramolecular Hbond substituents is 1. The highest BCUT2D eigenvalue weighted by molar-refractivity contribution is 5.97. The van der Waals surface area contributed by atoms with Gasteiger partial charge in [0, 0.05) is 17.3 Å². The van der Waals surface area contributed by atoms with E-state index in [2.05, 4.69) is 83.1 Å². The summed E-state index contributed by atoms with van der Waals surface area (Å²) in [6.45, 7) is 11.0. The Hall–Kier alpha value is -4.96. The highest BCUT2D eigenvalue weighted by Crippen LogP contribution is 2.39. The fourth-order valence-electron chi connectivity index (χ4n) is 5.53. The highest BCUT2D eigenvalue weighted by atomic mass is 16.3. The van der Waals surface area contributed by atoms with Gasteiger partial charge in [-0.1, -0.05) is 107 Å². The number of benzene rings is 5. The average Bonchev–Trinajstić information content (AvgIpc) is 3.44. The van der Waals surface area contributed by atoms with Gasteiger partial charge in [0.25, 0.3) is 0 Å². The predicted octanol–water partition coefficient (Wildman–Crippen LogP) is 10.8. The normalized spacial score (nSPS) is 12.0. The van der Waals surface area contributed by atoms with Crippen molar-refractivity contribution in [1.82, 2.24) is 4.98 Å². The molecule has 44 heavy (non-hydrogen) atoms. The number of nitrogens with zero attached hydrogens (tertiary/aromatic N) is 2. The van der Waals surface area contributed by atoms with E-state index in [0.29, 0.717) is 23.1 Å². The van der Waals surface area contributed by atoms with E-state index in [4.69, 9.17) is 14.4 Å². The van der Waals surface area contributed by atoms with Crippen molar-refractivity contribution >= 4 is 23.0 Å². The number of hydrogen-bond donors (Lipinski definition) is 1. The molecule has 1 aromatic heterocycles. The van der Waals surface area contributed by atoms with Crippen LogP contribution in [0.1, 0.15) is 51.3 Å². The Bertz CT molecular complexity index is 1960. The van der Waals surface area contributed by atoms with Gasteiger partial charge in [0.05, 0.1) is 11.3 Å². The van der Waals surface area contributed by atoms with E-state index in [1.807, 2.05) is 54.6 Å². The number of oxazole rings is 1. The molecule has 1 N–H and O–H groups in total. The van der Waals surface area contributed by atoms with Gasteiger partial charge >= 0.3 is 0 Å². The third kappa shape index (κ3) is 6.21. The molecule has 0 saturated carbocycles. The number of hydrogen-bond acceptors (Lipinski definition) is 4. The maximum absolute atomic E-state index is 10.6. The number of phenols is 1. The van der Waals surface area contributed by atoms with E-state index >= 15 is 0 Å². The molecule has 0 aliphatic carbocycles. The van der Waals surface area contributed by atoms with E-state index in [9.17, 15) is 5.11 Å². The Morgan fingerprint density at radius 2 is 1.52 bits per heavy atom. The van der Waals surface area contributed by atoms with E-state index in [1.165, 1.54) is 5.56 Å². The van der Waals surface area contributed by atoms with E-state index in [0.717, 1.165) is 50.9 Å². The number of fused-ring (bicyclic) bond motifs is 1. The molecule has 4 nitrogen and oxygen atoms in total. The zero-order valence-corrected chi connectivity index (χ0v) is 26.0. The van der Waals surface area contributed by atoms with Crippen LogP contribution in [0.4, 0.5) is 5.69 Å². The van der Waals surface area contributed by atoms with E-state index in [-0.39, 0.29) is 11.2 Å². The molecule has 0 aliphatic heterocycles. The second-order valence-corrected chi connectivity index (χ2v) is 12.9. The van der Waals surface area contributed by atoms with Crippen molar-refractivity contribution in [2.75, 3.05) is 0 Å². The van der Waals surface area contributed by atoms with Crippen LogP contribution in [0.25, 0.3) is 44.8 Å². The standard InChI is InChI=1S/C40H38N2O2/c1-26(2)20-27-12-11-15-29(21-27)30-23-34(28-13-7-6-8-14-28)38-37(24-30)44-39(42-38)33-16-9-10-17-35(33)41-25-31-22-32(40(3,4)5)18-19-36(31)43/h6-19,21-26,43H,20H2,1-5H3. The lowest BCUT2D eigenvalue weighted by molar-refractivity contribution is 0.473. The molecule has 0 saturated heterocycles. The maximum atomic E-state index is 10.6. The number of para-hydroxylation sites is 1. The molecule has 0 radical (unpaired) electrons. The molecular weight excluding hydrogens is 540 g/mol. The first-order chi connectivity index (χ1) is 21.2. The van der Waals surface area contributed by atoms with Gasteiger partial charge in [0.2, 0.25) is 5.89 Å². The number of aromatic nitrogens is 1. The predicted molar refractivity (Wildman–Crippen MR) is 183 cm³/mol. The van der Waals surface area contributed by atoms with Gasteiger partial charge in [-0.05, 0) is 82.0 Å². The Balaban J connectivity index is 1.46. The molecule has 4 heteroatoms. The second kappa shape index (κ2) is 12.0. The molecular formula is C40H38N2O2. The molecule has 0 unspecified atom stereocenters. The van der Waals surface area contributed by atoms with Gasteiger partial charge in [0.15, 0.2) is 5.58 Å². The second-order valence-electron chi connectivity index (χ2n) is 12.9. The molecule has 0 amide bonds. The lowest BCUT2D eigenvalue weighted by Gasteiger charge is -2.19. The van der Waals surface area contributed by atoms with Crippen LogP contribution < -0.4 is 0 Å². The zero-order chi connectivity index (χ0) is 30.8. The third-order valence-electron chi connectivity index (χ3n) is 7.85. The van der Waals surface area contributed by atoms with Crippen molar-refractivity contribution in [1.29, 1.82) is 0 Å². The van der Waals surface area contributed by atoms with Crippen LogP contribution in [0.5, 0.6) is 5.75 Å². The Labute approximate surface area is 259 Å². The molecule has 0 bridgehead atoms. The number of aliphatic imine (C=N–C) groups is 1. The Kier molecular flexibility index (Phi) is 7.92. The van der Waals surface area contributed by atoms with Gasteiger partial charge < -0.3 is 9.52 Å². The van der Waals surface area contributed by atoms with Gasteiger partial charge in [0.1, 0.15) is 11.3 Å². The van der Waals surface area contributed by atoms with Gasteiger partial charge in [-0.15, -0.1) is 0 Å². The Morgan fingerprint density at radius 3 is 2.30 bits per heavy atom. The summed E-state index contributed by atoms with van der Waals surface area (Å²) in [7, 11) is 0. The fourth-order valence-corrected chi connectivity index (χ4v) is 5.53. The van der Waals surface area contributed by atoms with Crippen LogP contribution in [-0.2, 0) is 11.8 Å². The quantitative estimate of drug-likeness (QED) is 0.192. The summed E-state index contributed by atoms with van der Waals surface area (Å²) in [4.78, 5) is 9.84. The molecule has 0 atom stereocenters. The van der Waals surface area contributed by atoms with E-state index < -0.39 is 0 Å². The summed E-state index contributed by atoms with van der Waals surface area (Å²) in [6, 6.07) is 36.9. The van der Waals surface area contributed by atoms with Gasteiger partial charge in [-0.3, -0.25) is 4.99 Å². The number of aromatic hydroxyl groups is 1. The maximum Gasteiger partial charge on any atom is 0.229 e. The summed E-state index contributed by atoms with van der Waals surface area (Å²) in [5.74, 6) is 1.28. The largest absolute Gasteiger partial charge is 0.507 e. The zero-order valence-electron chi connectivity index (χ0n) is 26.0. The molecule has 0 spiro atoms. The molecule has 5 aromatic carbocycles. The van der Waals surface area contributed by atoms with Crippen molar-refractivity contribution in [3.63, 3.8) is 0 Å². The van der Waals surface area contributed by atoms with Gasteiger partial charge in [-0.2, -0.15) is 0 Å². The van der Waals surface area contributed by atoms with Gasteiger partial charge in [-0.25, -0.2) is 4.98 Å². The molecule has 220 valence electrons. The van der Waals surface area contributed by atoms with Crippen LogP contribution in [-0.4, -0.2) is 16.3 Å². The lowest BCUT2D eigenvalue weighted by atomic mass is 9.86. The monoisotopic (exact) mass is 578 g/mol. The van der Waals surface area contributed by atoms with Crippen LogP contribution in [0.3, 0.4) is 0 Å². The summed E-state index contributed by atoms with van der Waals surface area (Å²) in [6.07, 6.45) is 2.74. The van der Waals surface area contributed by atoms with Crippen molar-refractivity contribution in [3.8, 4) is 39.5 Å². The average molecular weight is 579 g/mol. The minimum atomic E-state index is -0.0442. The molecule has 1 heterocycles. The third-order valence-corrected chi connectivity index (χ3v) is 7.85. The van der Waals surface area contributed by atoms with Crippen LogP contribution in [0, 0.1) is 5.92 Å². The summed E-state index contributed by atoms with van der Waals surface area (Å²) in [5, 5.41) is 10.6. The smallest absolute Gasteiger partial charge is 0.229 e. The summed E-state index contributed by atoms with van der Waals surface area (Å²) >= 11 is 0. The number of rotatable bonds is 7. The van der Waals surface area contributed by atoms with Crippen molar-refractivity contribution < 1.29 is 9.52 Å². The summed E-state index contributed by atoms with van der Waals surface area (Å²) in [5.41, 5.74) is 10.4. The minimum Gasteiger partial charge on any atom is -0.507 e. The van der Waals surface area contributed by atoms with Crippen LogP contribution >= 0.6 is 0 Å². The first-order valence-electron chi connectivity index (χ1n) is 15.2. The first kappa shape index (κ1) is 29.1. The molecule has 0 fully saturated rings. The van der Waals surface area contributed by atoms with Crippen LogP contribution in [0.15, 0.2) is 119 Å². The lowest BCUT2D eigenvalue weighted by Crippen LogP contribution is -2.11. The Morgan fingerprint density at radius 1 is 0.773 bits per heavy atom. The van der Waals surface area contributed by atoms with Crippen LogP contribution in [0.2, 0.25) is 0 Å². The topological polar surface area (TPSA) is 58.6 Å². The highest BCUT2D eigenvalue weighted by Gasteiger charge is 2.18. The van der Waals surface area contributed by atoms with Crippen molar-refractivity contribution in [2.24, 2.45) is 10.9 Å². The van der Waals surface area contributed by atoms with E-state index in [1.54, 1.807) is 12.3 Å². The van der Waals surface area contributed by atoms with Crippen molar-refractivity contribution in [3.05, 3.63) is 126 Å². The molecule has 6 aromatic rings. The molecule has 6 rings (SSSR count). The minimum absolute atomic E-state index is 0.0442. The molecule has 0 aliphatic rings. The summed E-state index contributed by atoms with van der Waals surface area (Å²) < 4.78 is 6.52. The van der Waals surface area contributed by atoms with Crippen molar-refractivity contribution in [2.45, 2.75) is 46.5 Å². The first-order valence-corrected chi connectivity index (χ1v) is 15.2. The fraction of sp³-hybridized carbons (Fsp3) is 0.200. The SMILES string of the molecule is CC(C)Cc1cccc(-c2cc(-c3ccccc3)c3nc(-c4ccccc4N=Cc4cc(C(C)(C)C)ccc4O)oc3c2)c1.